The van der Waals surface area contributed by atoms with Crippen LogP contribution >= 0.6 is 0 Å². The van der Waals surface area contributed by atoms with Gasteiger partial charge in [-0.15, -0.1) is 0 Å². The van der Waals surface area contributed by atoms with Gasteiger partial charge >= 0.3 is 0 Å². The summed E-state index contributed by atoms with van der Waals surface area (Å²) in [6.45, 7) is 4.31. The first-order chi connectivity index (χ1) is 8.13. The highest BCUT2D eigenvalue weighted by Gasteiger charge is 2.04. The normalized spacial score (nSPS) is 13.2. The highest BCUT2D eigenvalue weighted by molar-refractivity contribution is 4.90. The Morgan fingerprint density at radius 1 is 1.47 bits per heavy atom. The van der Waals surface area contributed by atoms with Crippen LogP contribution in [0.4, 0.5) is 0 Å². The molecule has 1 aromatic heterocycles. The summed E-state index contributed by atoms with van der Waals surface area (Å²) in [4.78, 5) is 6.68. The highest BCUT2D eigenvalue weighted by atomic mass is 15.1. The monoisotopic (exact) mass is 238 g/mol. The zero-order valence-electron chi connectivity index (χ0n) is 11.6. The van der Waals surface area contributed by atoms with Gasteiger partial charge in [0.05, 0.1) is 6.54 Å². The Balaban J connectivity index is 2.13. The molecule has 0 aliphatic heterocycles. The van der Waals surface area contributed by atoms with E-state index in [4.69, 9.17) is 0 Å². The van der Waals surface area contributed by atoms with Crippen LogP contribution in [-0.4, -0.2) is 41.1 Å². The largest absolute Gasteiger partial charge is 0.337 e. The molecule has 1 atom stereocenters. The third kappa shape index (κ3) is 5.33. The number of hydrogen-bond donors (Lipinski definition) is 1. The average molecular weight is 238 g/mol. The minimum absolute atomic E-state index is 0.634. The molecule has 0 fully saturated rings. The summed E-state index contributed by atoms with van der Waals surface area (Å²) in [6, 6.07) is 0.634. The molecule has 0 aliphatic rings. The molecule has 0 saturated carbocycles. The Kier molecular flexibility index (Phi) is 6.22. The first-order valence-electron chi connectivity index (χ1n) is 6.45. The predicted octanol–water partition coefficient (Wildman–Crippen LogP) is 1.63. The van der Waals surface area contributed by atoms with Gasteiger partial charge < -0.3 is 9.88 Å². The van der Waals surface area contributed by atoms with Crippen LogP contribution in [-0.2, 0) is 13.6 Å². The van der Waals surface area contributed by atoms with Crippen LogP contribution < -0.4 is 5.32 Å². The number of aryl methyl sites for hydroxylation is 1. The summed E-state index contributed by atoms with van der Waals surface area (Å²) in [5.74, 6) is 1.14. The van der Waals surface area contributed by atoms with Gasteiger partial charge in [0.25, 0.3) is 0 Å². The van der Waals surface area contributed by atoms with Gasteiger partial charge in [0.2, 0.25) is 0 Å². The molecule has 1 heterocycles. The molecular weight excluding hydrogens is 212 g/mol. The number of nitrogens with one attached hydrogen (secondary N) is 1. The van der Waals surface area contributed by atoms with E-state index in [0.29, 0.717) is 6.04 Å². The Bertz CT molecular complexity index is 308. The van der Waals surface area contributed by atoms with Gasteiger partial charge in [-0.2, -0.15) is 0 Å². The van der Waals surface area contributed by atoms with Crippen LogP contribution in [0.2, 0.25) is 0 Å². The number of imidazole rings is 1. The van der Waals surface area contributed by atoms with Gasteiger partial charge in [0, 0.05) is 25.5 Å². The van der Waals surface area contributed by atoms with Gasteiger partial charge in [-0.1, -0.05) is 6.42 Å². The smallest absolute Gasteiger partial charge is 0.122 e. The van der Waals surface area contributed by atoms with Gasteiger partial charge in [0.15, 0.2) is 0 Å². The van der Waals surface area contributed by atoms with E-state index in [2.05, 4.69) is 33.7 Å². The van der Waals surface area contributed by atoms with Crippen molar-refractivity contribution in [2.24, 2.45) is 7.05 Å². The summed E-state index contributed by atoms with van der Waals surface area (Å²) < 4.78 is 2.08. The molecule has 17 heavy (non-hydrogen) atoms. The van der Waals surface area contributed by atoms with Gasteiger partial charge in [0.1, 0.15) is 5.82 Å². The van der Waals surface area contributed by atoms with E-state index in [-0.39, 0.29) is 0 Å². The Morgan fingerprint density at radius 2 is 2.24 bits per heavy atom. The Morgan fingerprint density at radius 3 is 2.82 bits per heavy atom. The predicted molar refractivity (Wildman–Crippen MR) is 71.9 cm³/mol. The first kappa shape index (κ1) is 14.2. The van der Waals surface area contributed by atoms with Crippen molar-refractivity contribution < 1.29 is 0 Å². The van der Waals surface area contributed by atoms with Gasteiger partial charge in [-0.05, 0) is 40.4 Å². The van der Waals surface area contributed by atoms with E-state index in [0.717, 1.165) is 18.9 Å². The van der Waals surface area contributed by atoms with Crippen LogP contribution in [0.1, 0.15) is 32.0 Å². The standard InChI is InChI=1S/C13H26N4/c1-12(14-2)7-5-6-9-16(3)11-13-15-8-10-17(13)4/h8,10,12,14H,5-7,9,11H2,1-4H3. The second-order valence-corrected chi connectivity index (χ2v) is 4.88. The van der Waals surface area contributed by atoms with Crippen LogP contribution in [0.25, 0.3) is 0 Å². The molecule has 0 aliphatic carbocycles. The van der Waals surface area contributed by atoms with Crippen molar-refractivity contribution in [3.63, 3.8) is 0 Å². The number of aromatic nitrogens is 2. The lowest BCUT2D eigenvalue weighted by atomic mass is 10.1. The minimum Gasteiger partial charge on any atom is -0.337 e. The lowest BCUT2D eigenvalue weighted by molar-refractivity contribution is 0.304. The van der Waals surface area contributed by atoms with E-state index in [1.807, 2.05) is 26.5 Å². The van der Waals surface area contributed by atoms with Gasteiger partial charge in [-0.25, -0.2) is 4.98 Å². The molecule has 4 heteroatoms. The summed E-state index contributed by atoms with van der Waals surface area (Å²) in [5, 5.41) is 3.27. The van der Waals surface area contributed by atoms with Crippen molar-refractivity contribution in [3.8, 4) is 0 Å². The second kappa shape index (κ2) is 7.45. The molecule has 1 unspecified atom stereocenters. The lowest BCUT2D eigenvalue weighted by Gasteiger charge is -2.17. The van der Waals surface area contributed by atoms with E-state index in [1.165, 1.54) is 19.3 Å². The average Bonchev–Trinajstić information content (AvgIpc) is 2.70. The summed E-state index contributed by atoms with van der Waals surface area (Å²) in [5.41, 5.74) is 0. The van der Waals surface area contributed by atoms with Crippen molar-refractivity contribution in [1.29, 1.82) is 0 Å². The first-order valence-corrected chi connectivity index (χ1v) is 6.45. The Labute approximate surface area is 105 Å². The fourth-order valence-electron chi connectivity index (χ4n) is 1.85. The maximum Gasteiger partial charge on any atom is 0.122 e. The van der Waals surface area contributed by atoms with Crippen LogP contribution in [0, 0.1) is 0 Å². The molecule has 1 aromatic rings. The van der Waals surface area contributed by atoms with E-state index in [1.54, 1.807) is 0 Å². The quantitative estimate of drug-likeness (QED) is 0.699. The molecule has 98 valence electrons. The minimum atomic E-state index is 0.634. The number of rotatable bonds is 8. The summed E-state index contributed by atoms with van der Waals surface area (Å²) in [7, 11) is 6.23. The summed E-state index contributed by atoms with van der Waals surface area (Å²) in [6.07, 6.45) is 7.65. The number of hydrogen-bond acceptors (Lipinski definition) is 3. The molecule has 0 amide bonds. The highest BCUT2D eigenvalue weighted by Crippen LogP contribution is 2.04. The van der Waals surface area contributed by atoms with Crippen LogP contribution in [0.3, 0.4) is 0 Å². The van der Waals surface area contributed by atoms with Crippen molar-refractivity contribution >= 4 is 0 Å². The SMILES string of the molecule is CNC(C)CCCCN(C)Cc1nccn1C. The van der Waals surface area contributed by atoms with Crippen molar-refractivity contribution in [1.82, 2.24) is 19.8 Å². The van der Waals surface area contributed by atoms with Gasteiger partial charge in [-0.3, -0.25) is 4.90 Å². The van der Waals surface area contributed by atoms with Crippen molar-refractivity contribution in [2.75, 3.05) is 20.6 Å². The Hall–Kier alpha value is -0.870. The molecule has 0 radical (unpaired) electrons. The molecule has 0 saturated heterocycles. The van der Waals surface area contributed by atoms with Crippen LogP contribution in [0.15, 0.2) is 12.4 Å². The molecular formula is C13H26N4. The third-order valence-electron chi connectivity index (χ3n) is 3.25. The summed E-state index contributed by atoms with van der Waals surface area (Å²) >= 11 is 0. The maximum atomic E-state index is 4.34. The van der Waals surface area contributed by atoms with Crippen molar-refractivity contribution in [3.05, 3.63) is 18.2 Å². The molecule has 1 rings (SSSR count). The topological polar surface area (TPSA) is 33.1 Å². The third-order valence-corrected chi connectivity index (χ3v) is 3.25. The van der Waals surface area contributed by atoms with E-state index >= 15 is 0 Å². The fourth-order valence-corrected chi connectivity index (χ4v) is 1.85. The number of unbranched alkanes of at least 4 members (excludes halogenated alkanes) is 1. The van der Waals surface area contributed by atoms with Crippen LogP contribution in [0.5, 0.6) is 0 Å². The second-order valence-electron chi connectivity index (χ2n) is 4.88. The maximum absolute atomic E-state index is 4.34. The zero-order valence-corrected chi connectivity index (χ0v) is 11.6. The van der Waals surface area contributed by atoms with E-state index in [9.17, 15) is 0 Å². The lowest BCUT2D eigenvalue weighted by Crippen LogP contribution is -2.23. The fraction of sp³-hybridized carbons (Fsp3) is 0.769. The molecule has 0 bridgehead atoms. The molecule has 4 nitrogen and oxygen atoms in total. The molecule has 0 spiro atoms. The number of nitrogens with zero attached hydrogens (tertiary/aromatic N) is 3. The van der Waals surface area contributed by atoms with Crippen molar-refractivity contribution in [2.45, 2.75) is 38.8 Å². The zero-order chi connectivity index (χ0) is 12.7. The molecule has 0 aromatic carbocycles. The van der Waals surface area contributed by atoms with E-state index < -0.39 is 0 Å². The molecule has 1 N–H and O–H groups in total.